The van der Waals surface area contributed by atoms with Gasteiger partial charge in [-0.05, 0) is 30.7 Å². The number of hydrogen-bond donors (Lipinski definition) is 1. The minimum absolute atomic E-state index is 0.0384. The first-order chi connectivity index (χ1) is 15.6. The second-order valence-corrected chi connectivity index (χ2v) is 8.33. The van der Waals surface area contributed by atoms with E-state index < -0.39 is 0 Å². The van der Waals surface area contributed by atoms with E-state index in [2.05, 4.69) is 4.98 Å². The number of carbonyl (C=O) groups is 2. The number of thioether (sulfide) groups is 1. The highest BCUT2D eigenvalue weighted by molar-refractivity contribution is 7.99. The van der Waals surface area contributed by atoms with Gasteiger partial charge in [0.1, 0.15) is 0 Å². The Balaban J connectivity index is 1.40. The van der Waals surface area contributed by atoms with Crippen molar-refractivity contribution < 1.29 is 19.1 Å². The Hall–Kier alpha value is -3.11. The van der Waals surface area contributed by atoms with Crippen LogP contribution in [0.1, 0.15) is 17.0 Å². The predicted molar refractivity (Wildman–Crippen MR) is 120 cm³/mol. The molecule has 2 amide bonds. The molecular weight excluding hydrogens is 432 g/mol. The lowest BCUT2D eigenvalue weighted by molar-refractivity contribution is -0.129. The fourth-order valence-electron chi connectivity index (χ4n) is 3.62. The predicted octanol–water partition coefficient (Wildman–Crippen LogP) is 1.45. The number of aliphatic hydroxyl groups is 1. The average molecular weight is 457 g/mol. The lowest BCUT2D eigenvalue weighted by Crippen LogP contribution is -2.51. The molecular formula is C22H24N4O5S. The van der Waals surface area contributed by atoms with Crippen LogP contribution in [-0.4, -0.2) is 74.8 Å². The molecule has 1 saturated heterocycles. The van der Waals surface area contributed by atoms with Crippen LogP contribution in [0.15, 0.2) is 57.0 Å². The molecule has 2 aromatic heterocycles. The van der Waals surface area contributed by atoms with E-state index in [0.717, 1.165) is 0 Å². The van der Waals surface area contributed by atoms with E-state index in [1.807, 2.05) is 6.07 Å². The van der Waals surface area contributed by atoms with Gasteiger partial charge in [0.25, 0.3) is 11.5 Å². The zero-order valence-corrected chi connectivity index (χ0v) is 18.3. The summed E-state index contributed by atoms with van der Waals surface area (Å²) in [6.07, 6.45) is 1.89. The van der Waals surface area contributed by atoms with Gasteiger partial charge >= 0.3 is 0 Å². The molecule has 0 unspecified atom stereocenters. The first-order valence-electron chi connectivity index (χ1n) is 10.4. The summed E-state index contributed by atoms with van der Waals surface area (Å²) in [7, 11) is 0. The molecule has 1 fully saturated rings. The molecule has 1 aliphatic heterocycles. The van der Waals surface area contributed by atoms with E-state index in [0.29, 0.717) is 61.0 Å². The molecule has 1 aromatic carbocycles. The van der Waals surface area contributed by atoms with Gasteiger partial charge in [0.15, 0.2) is 10.9 Å². The molecule has 4 rings (SSSR count). The number of rotatable bonds is 7. The Morgan fingerprint density at radius 1 is 1.06 bits per heavy atom. The number of para-hydroxylation sites is 1. The van der Waals surface area contributed by atoms with Crippen molar-refractivity contribution in [3.05, 3.63) is 58.8 Å². The minimum atomic E-state index is -0.177. The number of nitrogens with zero attached hydrogens (tertiary/aromatic N) is 4. The lowest BCUT2D eigenvalue weighted by atomic mass is 10.2. The van der Waals surface area contributed by atoms with Crippen LogP contribution < -0.4 is 5.56 Å². The van der Waals surface area contributed by atoms with Crippen molar-refractivity contribution in [2.45, 2.75) is 18.1 Å². The fourth-order valence-corrected chi connectivity index (χ4v) is 4.54. The van der Waals surface area contributed by atoms with E-state index in [4.69, 9.17) is 4.42 Å². The maximum atomic E-state index is 12.9. The lowest BCUT2D eigenvalue weighted by Gasteiger charge is -2.34. The van der Waals surface area contributed by atoms with E-state index in [-0.39, 0.29) is 29.7 Å². The number of carbonyl (C=O) groups excluding carboxylic acids is 2. The van der Waals surface area contributed by atoms with Gasteiger partial charge in [0.05, 0.1) is 22.9 Å². The van der Waals surface area contributed by atoms with Gasteiger partial charge in [-0.3, -0.25) is 19.0 Å². The van der Waals surface area contributed by atoms with E-state index in [1.54, 1.807) is 40.1 Å². The number of amides is 2. The van der Waals surface area contributed by atoms with Crippen LogP contribution in [-0.2, 0) is 11.3 Å². The number of aliphatic hydroxyl groups excluding tert-OH is 1. The van der Waals surface area contributed by atoms with Crippen LogP contribution in [0.4, 0.5) is 0 Å². The normalized spacial score (nSPS) is 14.2. The highest BCUT2D eigenvalue weighted by Crippen LogP contribution is 2.19. The monoisotopic (exact) mass is 456 g/mol. The van der Waals surface area contributed by atoms with Crippen molar-refractivity contribution in [1.29, 1.82) is 0 Å². The van der Waals surface area contributed by atoms with Crippen LogP contribution in [0, 0.1) is 0 Å². The molecule has 9 nitrogen and oxygen atoms in total. The van der Waals surface area contributed by atoms with Crippen molar-refractivity contribution in [2.75, 3.05) is 38.5 Å². The Bertz CT molecular complexity index is 1150. The number of fused-ring (bicyclic) bond motifs is 1. The van der Waals surface area contributed by atoms with Crippen LogP contribution >= 0.6 is 11.8 Å². The van der Waals surface area contributed by atoms with Gasteiger partial charge in [0.2, 0.25) is 5.91 Å². The maximum Gasteiger partial charge on any atom is 0.289 e. The summed E-state index contributed by atoms with van der Waals surface area (Å²) in [6, 6.07) is 10.4. The smallest absolute Gasteiger partial charge is 0.289 e. The number of aromatic nitrogens is 2. The summed E-state index contributed by atoms with van der Waals surface area (Å²) in [5, 5.41) is 10.2. The number of benzene rings is 1. The minimum Gasteiger partial charge on any atom is -0.459 e. The summed E-state index contributed by atoms with van der Waals surface area (Å²) in [6.45, 7) is 2.04. The molecule has 3 aromatic rings. The Morgan fingerprint density at radius 3 is 2.53 bits per heavy atom. The molecule has 0 atom stereocenters. The van der Waals surface area contributed by atoms with Crippen molar-refractivity contribution in [1.82, 2.24) is 19.4 Å². The molecule has 0 bridgehead atoms. The second kappa shape index (κ2) is 10.0. The molecule has 0 aliphatic carbocycles. The number of hydrogen-bond acceptors (Lipinski definition) is 7. The van der Waals surface area contributed by atoms with Gasteiger partial charge in [0, 0.05) is 39.3 Å². The summed E-state index contributed by atoms with van der Waals surface area (Å²) >= 11 is 1.22. The van der Waals surface area contributed by atoms with Crippen LogP contribution in [0.3, 0.4) is 0 Å². The molecule has 0 saturated carbocycles. The van der Waals surface area contributed by atoms with Gasteiger partial charge in [-0.2, -0.15) is 0 Å². The third-order valence-electron chi connectivity index (χ3n) is 5.34. The third-order valence-corrected chi connectivity index (χ3v) is 6.30. The first kappa shape index (κ1) is 22.1. The first-order valence-corrected chi connectivity index (χ1v) is 11.4. The standard InChI is InChI=1S/C22H24N4O5S/c27-13-4-8-26-20(29)16-5-1-2-6-17(16)23-22(26)32-15-19(28)24-9-11-25(12-10-24)21(30)18-7-3-14-31-18/h1-3,5-7,14,27H,4,8-13,15H2. The zero-order chi connectivity index (χ0) is 22.5. The molecule has 168 valence electrons. The van der Waals surface area contributed by atoms with Crippen LogP contribution in [0.25, 0.3) is 10.9 Å². The SMILES string of the molecule is O=C(CSc1nc2ccccc2c(=O)n1CCCO)N1CCN(C(=O)c2ccco2)CC1. The van der Waals surface area contributed by atoms with Gasteiger partial charge in [-0.25, -0.2) is 4.98 Å². The molecule has 10 heteroatoms. The van der Waals surface area contributed by atoms with Gasteiger partial charge < -0.3 is 19.3 Å². The second-order valence-electron chi connectivity index (χ2n) is 7.38. The third kappa shape index (κ3) is 4.71. The largest absolute Gasteiger partial charge is 0.459 e. The highest BCUT2D eigenvalue weighted by Gasteiger charge is 2.26. The highest BCUT2D eigenvalue weighted by atomic mass is 32.2. The number of furan rings is 1. The molecule has 0 spiro atoms. The molecule has 0 radical (unpaired) electrons. The van der Waals surface area contributed by atoms with Crippen molar-refractivity contribution in [3.63, 3.8) is 0 Å². The fraction of sp³-hybridized carbons (Fsp3) is 0.364. The Morgan fingerprint density at radius 2 is 1.81 bits per heavy atom. The quantitative estimate of drug-likeness (QED) is 0.423. The summed E-state index contributed by atoms with van der Waals surface area (Å²) in [4.78, 5) is 46.0. The Labute approximate surface area is 188 Å². The van der Waals surface area contributed by atoms with Crippen LogP contribution in [0.2, 0.25) is 0 Å². The van der Waals surface area contributed by atoms with E-state index >= 15 is 0 Å². The van der Waals surface area contributed by atoms with Crippen LogP contribution in [0.5, 0.6) is 0 Å². The molecule has 1 aliphatic rings. The van der Waals surface area contributed by atoms with Crippen molar-refractivity contribution >= 4 is 34.5 Å². The summed E-state index contributed by atoms with van der Waals surface area (Å²) in [5.41, 5.74) is 0.404. The van der Waals surface area contributed by atoms with Gasteiger partial charge in [-0.15, -0.1) is 0 Å². The zero-order valence-electron chi connectivity index (χ0n) is 17.5. The van der Waals surface area contributed by atoms with E-state index in [1.165, 1.54) is 22.6 Å². The summed E-state index contributed by atoms with van der Waals surface area (Å²) < 4.78 is 6.69. The van der Waals surface area contributed by atoms with E-state index in [9.17, 15) is 19.5 Å². The maximum absolute atomic E-state index is 12.9. The molecule has 32 heavy (non-hydrogen) atoms. The van der Waals surface area contributed by atoms with Crippen molar-refractivity contribution in [2.24, 2.45) is 0 Å². The molecule has 1 N–H and O–H groups in total. The number of piperazine rings is 1. The van der Waals surface area contributed by atoms with Gasteiger partial charge in [-0.1, -0.05) is 23.9 Å². The molecule has 3 heterocycles. The average Bonchev–Trinajstić information content (AvgIpc) is 3.37. The van der Waals surface area contributed by atoms with Crippen molar-refractivity contribution in [3.8, 4) is 0 Å². The Kier molecular flexibility index (Phi) is 6.91. The topological polar surface area (TPSA) is 109 Å². The summed E-state index contributed by atoms with van der Waals surface area (Å²) in [5.74, 6) is 0.181.